The zero-order valence-electron chi connectivity index (χ0n) is 31.2. The number of aromatic nitrogens is 2. The second-order valence-corrected chi connectivity index (χ2v) is 15.3. The number of furan rings is 2. The molecule has 4 nitrogen and oxygen atoms in total. The fourth-order valence-corrected chi connectivity index (χ4v) is 9.54. The molecule has 270 valence electrons. The molecule has 4 heterocycles. The van der Waals surface area contributed by atoms with E-state index in [2.05, 4.69) is 203 Å². The van der Waals surface area contributed by atoms with Gasteiger partial charge in [-0.2, -0.15) is 0 Å². The van der Waals surface area contributed by atoms with E-state index in [1.165, 1.54) is 43.6 Å². The minimum atomic E-state index is 0.814. The van der Waals surface area contributed by atoms with Crippen molar-refractivity contribution < 1.29 is 8.83 Å². The summed E-state index contributed by atoms with van der Waals surface area (Å²) in [6.07, 6.45) is 0. The first-order valence-corrected chi connectivity index (χ1v) is 19.8. The Bertz CT molecular complexity index is 3490. The highest BCUT2D eigenvalue weighted by Gasteiger charge is 2.23. The lowest BCUT2D eigenvalue weighted by Crippen LogP contribution is -1.93. The van der Waals surface area contributed by atoms with Gasteiger partial charge in [0.1, 0.15) is 22.3 Å². The number of hydrogen-bond acceptors (Lipinski definition) is 2. The average Bonchev–Trinajstić information content (AvgIpc) is 4.03. The zero-order valence-corrected chi connectivity index (χ0v) is 31.2. The van der Waals surface area contributed by atoms with Gasteiger partial charge in [0.25, 0.3) is 0 Å². The standard InChI is InChI=1S/C54H32N2O2/c1-2-13-33(14-3-1)34-15-12-16-35(29-34)52-53-44(42-30-36(25-27-50(42)57-53)55-46-21-8-4-17-38(46)39-18-5-9-22-47(39)55)32-45-43-31-37(26-28-51(43)58-54(45)52)56-48-23-10-6-19-40(48)41-20-7-11-24-49(41)56/h1-32H. The van der Waals surface area contributed by atoms with Crippen LogP contribution in [0.3, 0.4) is 0 Å². The van der Waals surface area contributed by atoms with E-state index >= 15 is 0 Å². The van der Waals surface area contributed by atoms with Gasteiger partial charge in [0, 0.05) is 54.5 Å². The Morgan fingerprint density at radius 1 is 0.276 bits per heavy atom. The Labute approximate surface area is 332 Å². The van der Waals surface area contributed by atoms with E-state index in [-0.39, 0.29) is 0 Å². The van der Waals surface area contributed by atoms with E-state index in [1.807, 2.05) is 0 Å². The van der Waals surface area contributed by atoms with Gasteiger partial charge in [0.2, 0.25) is 0 Å². The molecule has 0 bridgehead atoms. The van der Waals surface area contributed by atoms with Crippen LogP contribution >= 0.6 is 0 Å². The minimum absolute atomic E-state index is 0.814. The van der Waals surface area contributed by atoms with E-state index in [0.717, 1.165) is 77.5 Å². The first-order chi connectivity index (χ1) is 28.8. The number of hydrogen-bond donors (Lipinski definition) is 0. The number of benzene rings is 9. The van der Waals surface area contributed by atoms with Gasteiger partial charge in [-0.25, -0.2) is 0 Å². The van der Waals surface area contributed by atoms with Gasteiger partial charge < -0.3 is 18.0 Å². The van der Waals surface area contributed by atoms with Crippen molar-refractivity contribution in [1.29, 1.82) is 0 Å². The van der Waals surface area contributed by atoms with Crippen LogP contribution in [0.5, 0.6) is 0 Å². The maximum Gasteiger partial charge on any atom is 0.147 e. The van der Waals surface area contributed by atoms with Crippen LogP contribution in [0.2, 0.25) is 0 Å². The molecule has 0 spiro atoms. The minimum Gasteiger partial charge on any atom is -0.455 e. The summed E-state index contributed by atoms with van der Waals surface area (Å²) in [4.78, 5) is 0. The third-order valence-corrected chi connectivity index (χ3v) is 12.1. The lowest BCUT2D eigenvalue weighted by Gasteiger charge is -2.09. The lowest BCUT2D eigenvalue weighted by molar-refractivity contribution is 0.658. The molecule has 0 amide bonds. The van der Waals surface area contributed by atoms with E-state index in [0.29, 0.717) is 0 Å². The third kappa shape index (κ3) is 4.40. The van der Waals surface area contributed by atoms with Crippen LogP contribution in [0.25, 0.3) is 121 Å². The fourth-order valence-electron chi connectivity index (χ4n) is 9.54. The molecule has 9 aromatic carbocycles. The van der Waals surface area contributed by atoms with Crippen LogP contribution < -0.4 is 0 Å². The van der Waals surface area contributed by atoms with E-state index in [1.54, 1.807) is 0 Å². The van der Waals surface area contributed by atoms with Crippen molar-refractivity contribution in [3.8, 4) is 33.6 Å². The molecule has 0 unspecified atom stereocenters. The maximum atomic E-state index is 6.94. The molecule has 0 aliphatic carbocycles. The van der Waals surface area contributed by atoms with Crippen molar-refractivity contribution in [1.82, 2.24) is 9.13 Å². The molecule has 0 aliphatic heterocycles. The van der Waals surface area contributed by atoms with Crippen molar-refractivity contribution >= 4 is 87.5 Å². The summed E-state index contributed by atoms with van der Waals surface area (Å²) in [5.74, 6) is 0. The molecule has 0 saturated carbocycles. The molecule has 4 heteroatoms. The summed E-state index contributed by atoms with van der Waals surface area (Å²) >= 11 is 0. The molecule has 0 saturated heterocycles. The number of nitrogens with zero attached hydrogens (tertiary/aromatic N) is 2. The van der Waals surface area contributed by atoms with Crippen LogP contribution in [0.15, 0.2) is 203 Å². The number of rotatable bonds is 4. The summed E-state index contributed by atoms with van der Waals surface area (Å²) in [7, 11) is 0. The molecule has 0 radical (unpaired) electrons. The summed E-state index contributed by atoms with van der Waals surface area (Å²) in [5.41, 5.74) is 14.5. The first-order valence-electron chi connectivity index (χ1n) is 19.8. The zero-order chi connectivity index (χ0) is 37.9. The molecular weight excluding hydrogens is 709 g/mol. The SMILES string of the molecule is c1ccc(-c2cccc(-c3c4oc5ccc(-n6c7ccccc7c7ccccc76)cc5c4cc4c3oc3ccc(-n5c6ccccc6c6ccccc65)cc34)c2)cc1. The van der Waals surface area contributed by atoms with Crippen molar-refractivity contribution in [2.45, 2.75) is 0 Å². The molecular formula is C54H32N2O2. The summed E-state index contributed by atoms with van der Waals surface area (Å²) in [6.45, 7) is 0. The highest BCUT2D eigenvalue weighted by atomic mass is 16.3. The summed E-state index contributed by atoms with van der Waals surface area (Å²) in [5, 5.41) is 9.17. The topological polar surface area (TPSA) is 36.1 Å². The van der Waals surface area contributed by atoms with Gasteiger partial charge in [-0.15, -0.1) is 0 Å². The Kier molecular flexibility index (Phi) is 6.41. The van der Waals surface area contributed by atoms with Crippen LogP contribution in [-0.4, -0.2) is 9.13 Å². The Balaban J connectivity index is 1.12. The van der Waals surface area contributed by atoms with E-state index in [4.69, 9.17) is 8.83 Å². The van der Waals surface area contributed by atoms with Gasteiger partial charge in [-0.1, -0.05) is 121 Å². The smallest absolute Gasteiger partial charge is 0.147 e. The summed E-state index contributed by atoms with van der Waals surface area (Å²) < 4.78 is 18.6. The molecule has 13 aromatic rings. The van der Waals surface area contributed by atoms with Gasteiger partial charge in [-0.05, 0) is 89.5 Å². The lowest BCUT2D eigenvalue weighted by atomic mass is 9.95. The van der Waals surface area contributed by atoms with Gasteiger partial charge in [-0.3, -0.25) is 0 Å². The van der Waals surface area contributed by atoms with Crippen LogP contribution in [0.1, 0.15) is 0 Å². The maximum absolute atomic E-state index is 6.94. The Morgan fingerprint density at radius 3 is 1.17 bits per heavy atom. The van der Waals surface area contributed by atoms with Crippen molar-refractivity contribution in [2.24, 2.45) is 0 Å². The molecule has 13 rings (SSSR count). The fraction of sp³-hybridized carbons (Fsp3) is 0. The predicted octanol–water partition coefficient (Wildman–Crippen LogP) is 15.0. The first kappa shape index (κ1) is 31.4. The molecule has 0 fully saturated rings. The quantitative estimate of drug-likeness (QED) is 0.180. The molecule has 58 heavy (non-hydrogen) atoms. The highest BCUT2D eigenvalue weighted by molar-refractivity contribution is 6.23. The molecule has 0 atom stereocenters. The molecule has 0 N–H and O–H groups in total. The van der Waals surface area contributed by atoms with E-state index < -0.39 is 0 Å². The van der Waals surface area contributed by atoms with Gasteiger partial charge >= 0.3 is 0 Å². The second kappa shape index (κ2) is 11.8. The predicted molar refractivity (Wildman–Crippen MR) is 241 cm³/mol. The van der Waals surface area contributed by atoms with E-state index in [9.17, 15) is 0 Å². The number of para-hydroxylation sites is 4. The van der Waals surface area contributed by atoms with Crippen molar-refractivity contribution in [3.63, 3.8) is 0 Å². The van der Waals surface area contributed by atoms with Crippen LogP contribution in [0.4, 0.5) is 0 Å². The third-order valence-electron chi connectivity index (χ3n) is 12.1. The highest BCUT2D eigenvalue weighted by Crippen LogP contribution is 2.46. The van der Waals surface area contributed by atoms with Crippen LogP contribution in [0, 0.1) is 0 Å². The van der Waals surface area contributed by atoms with Crippen molar-refractivity contribution in [2.75, 3.05) is 0 Å². The largest absolute Gasteiger partial charge is 0.455 e. The Morgan fingerprint density at radius 2 is 0.690 bits per heavy atom. The van der Waals surface area contributed by atoms with Crippen molar-refractivity contribution in [3.05, 3.63) is 194 Å². The monoisotopic (exact) mass is 740 g/mol. The second-order valence-electron chi connectivity index (χ2n) is 15.3. The van der Waals surface area contributed by atoms with Gasteiger partial charge in [0.05, 0.1) is 27.6 Å². The van der Waals surface area contributed by atoms with Gasteiger partial charge in [0.15, 0.2) is 0 Å². The molecule has 4 aromatic heterocycles. The molecule has 0 aliphatic rings. The average molecular weight is 741 g/mol. The summed E-state index contributed by atoms with van der Waals surface area (Å²) in [6, 6.07) is 69.4. The Hall–Kier alpha value is -7.82. The number of fused-ring (bicyclic) bond motifs is 12. The normalized spacial score (nSPS) is 12.1. The van der Waals surface area contributed by atoms with Crippen LogP contribution in [-0.2, 0) is 0 Å².